The topological polar surface area (TPSA) is 38.8 Å². The van der Waals surface area contributed by atoms with Crippen LogP contribution in [0.1, 0.15) is 45.4 Å². The molecule has 0 bridgehead atoms. The van der Waals surface area contributed by atoms with Crippen LogP contribution in [0.4, 0.5) is 0 Å². The summed E-state index contributed by atoms with van der Waals surface area (Å²) in [5.74, 6) is 0.725. The highest BCUT2D eigenvalue weighted by atomic mass is 16.5. The Morgan fingerprint density at radius 2 is 2.26 bits per heavy atom. The second-order valence-corrected chi connectivity index (χ2v) is 5.86. The molecule has 1 heterocycles. The van der Waals surface area contributed by atoms with Gasteiger partial charge in [0, 0.05) is 19.1 Å². The molecule has 1 aliphatic carbocycles. The van der Waals surface area contributed by atoms with E-state index in [2.05, 4.69) is 11.8 Å². The van der Waals surface area contributed by atoms with Crippen molar-refractivity contribution < 1.29 is 14.3 Å². The van der Waals surface area contributed by atoms with Gasteiger partial charge in [-0.25, -0.2) is 0 Å². The van der Waals surface area contributed by atoms with E-state index in [1.807, 2.05) is 0 Å². The van der Waals surface area contributed by atoms with E-state index in [0.717, 1.165) is 25.6 Å². The normalized spacial score (nSPS) is 33.1. The number of rotatable bonds is 4. The van der Waals surface area contributed by atoms with Crippen LogP contribution in [-0.4, -0.2) is 49.8 Å². The summed E-state index contributed by atoms with van der Waals surface area (Å²) < 4.78 is 10.4. The summed E-state index contributed by atoms with van der Waals surface area (Å²) in [5.41, 5.74) is 0. The van der Waals surface area contributed by atoms with E-state index in [9.17, 15) is 4.79 Å². The largest absolute Gasteiger partial charge is 0.469 e. The number of carbonyl (C=O) groups is 1. The molecule has 0 radical (unpaired) electrons. The Hall–Kier alpha value is -0.610. The maximum Gasteiger partial charge on any atom is 0.308 e. The van der Waals surface area contributed by atoms with Gasteiger partial charge in [-0.15, -0.1) is 0 Å². The maximum absolute atomic E-state index is 11.3. The van der Waals surface area contributed by atoms with E-state index in [4.69, 9.17) is 9.47 Å². The fraction of sp³-hybridized carbons (Fsp3) is 0.933. The van der Waals surface area contributed by atoms with Gasteiger partial charge >= 0.3 is 5.97 Å². The molecule has 1 aliphatic heterocycles. The highest BCUT2D eigenvalue weighted by Crippen LogP contribution is 2.30. The molecule has 2 aliphatic rings. The Balaban J connectivity index is 1.84. The summed E-state index contributed by atoms with van der Waals surface area (Å²) in [5, 5.41) is 0. The molecule has 0 N–H and O–H groups in total. The molecule has 19 heavy (non-hydrogen) atoms. The van der Waals surface area contributed by atoms with Crippen molar-refractivity contribution in [3.05, 3.63) is 0 Å². The van der Waals surface area contributed by atoms with Crippen molar-refractivity contribution in [1.29, 1.82) is 0 Å². The number of esters is 1. The number of methoxy groups -OCH3 is 1. The van der Waals surface area contributed by atoms with E-state index in [-0.39, 0.29) is 12.1 Å². The van der Waals surface area contributed by atoms with Crippen LogP contribution in [0.15, 0.2) is 0 Å². The highest BCUT2D eigenvalue weighted by molar-refractivity contribution is 5.69. The van der Waals surface area contributed by atoms with Crippen LogP contribution >= 0.6 is 0 Å². The average molecular weight is 269 g/mol. The molecule has 2 fully saturated rings. The van der Waals surface area contributed by atoms with Crippen molar-refractivity contribution in [2.45, 2.75) is 57.6 Å². The van der Waals surface area contributed by atoms with Gasteiger partial charge < -0.3 is 9.47 Å². The Morgan fingerprint density at radius 1 is 1.42 bits per heavy atom. The van der Waals surface area contributed by atoms with Crippen molar-refractivity contribution >= 4 is 5.97 Å². The van der Waals surface area contributed by atoms with Gasteiger partial charge in [0.2, 0.25) is 0 Å². The number of carbonyl (C=O) groups excluding carboxylic acids is 1. The van der Waals surface area contributed by atoms with Crippen LogP contribution < -0.4 is 0 Å². The lowest BCUT2D eigenvalue weighted by atomic mass is 9.83. The molecule has 0 aromatic rings. The highest BCUT2D eigenvalue weighted by Gasteiger charge is 2.30. The summed E-state index contributed by atoms with van der Waals surface area (Å²) in [6.45, 7) is 4.94. The van der Waals surface area contributed by atoms with Crippen molar-refractivity contribution in [3.63, 3.8) is 0 Å². The van der Waals surface area contributed by atoms with Gasteiger partial charge in [0.1, 0.15) is 0 Å². The summed E-state index contributed by atoms with van der Waals surface area (Å²) in [4.78, 5) is 13.9. The second-order valence-electron chi connectivity index (χ2n) is 5.86. The predicted molar refractivity (Wildman–Crippen MR) is 74.0 cm³/mol. The van der Waals surface area contributed by atoms with Crippen LogP contribution in [0.25, 0.3) is 0 Å². The standard InChI is InChI=1S/C15H27NO3/c1-3-12-5-4-6-13(9-12)16-7-8-19-14(11-16)10-15(17)18-2/h12-14H,3-11H2,1-2H3. The van der Waals surface area contributed by atoms with E-state index < -0.39 is 0 Å². The van der Waals surface area contributed by atoms with Gasteiger partial charge in [0.05, 0.1) is 26.2 Å². The van der Waals surface area contributed by atoms with Crippen LogP contribution in [0.2, 0.25) is 0 Å². The van der Waals surface area contributed by atoms with Crippen molar-refractivity contribution in [3.8, 4) is 0 Å². The zero-order valence-electron chi connectivity index (χ0n) is 12.3. The van der Waals surface area contributed by atoms with Crippen LogP contribution in [0, 0.1) is 5.92 Å². The molecule has 1 saturated heterocycles. The van der Waals surface area contributed by atoms with Crippen LogP contribution in [0.3, 0.4) is 0 Å². The molecule has 3 unspecified atom stereocenters. The lowest BCUT2D eigenvalue weighted by molar-refractivity contribution is -0.146. The monoisotopic (exact) mass is 269 g/mol. The molecule has 3 atom stereocenters. The lowest BCUT2D eigenvalue weighted by Gasteiger charge is -2.41. The lowest BCUT2D eigenvalue weighted by Crippen LogP contribution is -2.49. The SMILES string of the molecule is CCC1CCCC(N2CCOC(CC(=O)OC)C2)C1. The fourth-order valence-electron chi connectivity index (χ4n) is 3.43. The third kappa shape index (κ3) is 4.18. The number of hydrogen-bond acceptors (Lipinski definition) is 4. The first-order chi connectivity index (χ1) is 9.22. The van der Waals surface area contributed by atoms with Gasteiger partial charge in [-0.05, 0) is 18.8 Å². The summed E-state index contributed by atoms with van der Waals surface area (Å²) in [6.07, 6.45) is 7.07. The molecular weight excluding hydrogens is 242 g/mol. The summed E-state index contributed by atoms with van der Waals surface area (Å²) in [7, 11) is 1.44. The number of ether oxygens (including phenoxy) is 2. The molecule has 0 amide bonds. The second kappa shape index (κ2) is 7.25. The maximum atomic E-state index is 11.3. The van der Waals surface area contributed by atoms with E-state index in [1.165, 1.54) is 39.2 Å². The summed E-state index contributed by atoms with van der Waals surface area (Å²) >= 11 is 0. The molecule has 1 saturated carbocycles. The van der Waals surface area contributed by atoms with E-state index >= 15 is 0 Å². The van der Waals surface area contributed by atoms with E-state index in [1.54, 1.807) is 0 Å². The molecule has 2 rings (SSSR count). The molecule has 0 spiro atoms. The Bertz CT molecular complexity index is 295. The van der Waals surface area contributed by atoms with Crippen molar-refractivity contribution in [2.24, 2.45) is 5.92 Å². The smallest absolute Gasteiger partial charge is 0.308 e. The van der Waals surface area contributed by atoms with Crippen LogP contribution in [-0.2, 0) is 14.3 Å². The summed E-state index contributed by atoms with van der Waals surface area (Å²) in [6, 6.07) is 0.697. The van der Waals surface area contributed by atoms with Crippen molar-refractivity contribution in [2.75, 3.05) is 26.8 Å². The first-order valence-electron chi connectivity index (χ1n) is 7.65. The van der Waals surface area contributed by atoms with Gasteiger partial charge in [-0.1, -0.05) is 26.2 Å². The van der Waals surface area contributed by atoms with E-state index in [0.29, 0.717) is 12.5 Å². The number of nitrogens with zero attached hydrogens (tertiary/aromatic N) is 1. The third-order valence-electron chi connectivity index (χ3n) is 4.64. The minimum Gasteiger partial charge on any atom is -0.469 e. The Kier molecular flexibility index (Phi) is 5.64. The average Bonchev–Trinajstić information content (AvgIpc) is 2.47. The number of hydrogen-bond donors (Lipinski definition) is 0. The zero-order valence-corrected chi connectivity index (χ0v) is 12.3. The van der Waals surface area contributed by atoms with Gasteiger partial charge in [0.15, 0.2) is 0 Å². The minimum atomic E-state index is -0.165. The Labute approximate surface area is 116 Å². The molecule has 4 nitrogen and oxygen atoms in total. The molecule has 0 aromatic heterocycles. The first kappa shape index (κ1) is 14.8. The molecular formula is C15H27NO3. The van der Waals surface area contributed by atoms with Crippen LogP contribution in [0.5, 0.6) is 0 Å². The van der Waals surface area contributed by atoms with Gasteiger partial charge in [0.25, 0.3) is 0 Å². The zero-order chi connectivity index (χ0) is 13.7. The van der Waals surface area contributed by atoms with Gasteiger partial charge in [-0.2, -0.15) is 0 Å². The minimum absolute atomic E-state index is 0.0169. The quantitative estimate of drug-likeness (QED) is 0.734. The molecule has 4 heteroatoms. The fourth-order valence-corrected chi connectivity index (χ4v) is 3.43. The predicted octanol–water partition coefficient (Wildman–Crippen LogP) is 2.22. The van der Waals surface area contributed by atoms with Gasteiger partial charge in [-0.3, -0.25) is 9.69 Å². The third-order valence-corrected chi connectivity index (χ3v) is 4.64. The Morgan fingerprint density at radius 3 is 3.00 bits per heavy atom. The molecule has 110 valence electrons. The molecule has 0 aromatic carbocycles. The van der Waals surface area contributed by atoms with Crippen molar-refractivity contribution in [1.82, 2.24) is 4.90 Å². The number of morpholine rings is 1. The first-order valence-corrected chi connectivity index (χ1v) is 7.65.